The summed E-state index contributed by atoms with van der Waals surface area (Å²) in [6.07, 6.45) is 6.86. The summed E-state index contributed by atoms with van der Waals surface area (Å²) in [5.41, 5.74) is 3.99. The number of nitrogens with one attached hydrogen (secondary N) is 1. The van der Waals surface area contributed by atoms with Gasteiger partial charge in [-0.2, -0.15) is 5.10 Å². The summed E-state index contributed by atoms with van der Waals surface area (Å²) in [4.78, 5) is 8.81. The molecule has 2 aromatic carbocycles. The summed E-state index contributed by atoms with van der Waals surface area (Å²) < 4.78 is 1.78. The highest BCUT2D eigenvalue weighted by Crippen LogP contribution is 2.25. The first-order valence-corrected chi connectivity index (χ1v) is 9.43. The molecule has 0 aliphatic heterocycles. The van der Waals surface area contributed by atoms with Crippen molar-refractivity contribution in [1.82, 2.24) is 19.7 Å². The molecule has 0 fully saturated rings. The number of benzene rings is 2. The van der Waals surface area contributed by atoms with E-state index in [-0.39, 0.29) is 0 Å². The van der Waals surface area contributed by atoms with Gasteiger partial charge in [-0.3, -0.25) is 0 Å². The van der Waals surface area contributed by atoms with E-state index in [1.807, 2.05) is 24.3 Å². The van der Waals surface area contributed by atoms with Crippen LogP contribution in [0, 0.1) is 0 Å². The van der Waals surface area contributed by atoms with E-state index in [0.717, 1.165) is 34.6 Å². The molecular weight excluding hydrogens is 358 g/mol. The number of aromatic nitrogens is 4. The van der Waals surface area contributed by atoms with Crippen LogP contribution in [-0.4, -0.2) is 19.7 Å². The fourth-order valence-corrected chi connectivity index (χ4v) is 3.11. The van der Waals surface area contributed by atoms with Gasteiger partial charge >= 0.3 is 0 Å². The van der Waals surface area contributed by atoms with Crippen LogP contribution in [0.25, 0.3) is 16.7 Å². The number of nitrogens with zero attached hydrogens (tertiary/aromatic N) is 4. The van der Waals surface area contributed by atoms with E-state index in [1.54, 1.807) is 17.2 Å². The zero-order valence-electron chi connectivity index (χ0n) is 15.1. The van der Waals surface area contributed by atoms with Crippen LogP contribution in [0.15, 0.2) is 61.1 Å². The molecule has 0 aliphatic carbocycles. The molecule has 4 aromatic rings. The maximum Gasteiger partial charge on any atom is 0.168 e. The average molecular weight is 378 g/mol. The van der Waals surface area contributed by atoms with Gasteiger partial charge in [-0.25, -0.2) is 14.6 Å². The zero-order chi connectivity index (χ0) is 18.6. The smallest absolute Gasteiger partial charge is 0.168 e. The van der Waals surface area contributed by atoms with Crippen LogP contribution >= 0.6 is 11.6 Å². The first-order valence-electron chi connectivity index (χ1n) is 9.05. The van der Waals surface area contributed by atoms with Gasteiger partial charge in [-0.05, 0) is 54.8 Å². The van der Waals surface area contributed by atoms with Crippen molar-refractivity contribution in [2.75, 3.05) is 5.32 Å². The van der Waals surface area contributed by atoms with Crippen molar-refractivity contribution in [1.29, 1.82) is 0 Å². The standard InChI is InChI=1S/C21H20ClN5/c1-2-3-4-15-5-9-17(10-6-15)26-20-19-13-25-27(21(19)24-14-23-20)18-11-7-16(22)8-12-18/h5-14H,2-4H2,1H3,(H,23,24,26). The van der Waals surface area contributed by atoms with Gasteiger partial charge in [0, 0.05) is 10.7 Å². The van der Waals surface area contributed by atoms with E-state index >= 15 is 0 Å². The number of anilines is 2. The molecule has 0 unspecified atom stereocenters. The molecule has 0 aliphatic rings. The van der Waals surface area contributed by atoms with Gasteiger partial charge in [0.05, 0.1) is 17.3 Å². The van der Waals surface area contributed by atoms with E-state index in [2.05, 4.69) is 51.6 Å². The van der Waals surface area contributed by atoms with Gasteiger partial charge in [0.1, 0.15) is 12.1 Å². The lowest BCUT2D eigenvalue weighted by molar-refractivity contribution is 0.795. The number of rotatable bonds is 6. The van der Waals surface area contributed by atoms with E-state index < -0.39 is 0 Å². The molecule has 27 heavy (non-hydrogen) atoms. The summed E-state index contributed by atoms with van der Waals surface area (Å²) in [5.74, 6) is 0.738. The Bertz CT molecular complexity index is 1040. The van der Waals surface area contributed by atoms with Crippen molar-refractivity contribution >= 4 is 34.1 Å². The van der Waals surface area contributed by atoms with E-state index in [4.69, 9.17) is 11.6 Å². The van der Waals surface area contributed by atoms with E-state index in [9.17, 15) is 0 Å². The molecule has 0 radical (unpaired) electrons. The van der Waals surface area contributed by atoms with Crippen molar-refractivity contribution in [3.8, 4) is 5.69 Å². The monoisotopic (exact) mass is 377 g/mol. The van der Waals surface area contributed by atoms with Crippen molar-refractivity contribution in [3.05, 3.63) is 71.6 Å². The lowest BCUT2D eigenvalue weighted by Gasteiger charge is -2.08. The predicted molar refractivity (Wildman–Crippen MR) is 110 cm³/mol. The number of hydrogen-bond acceptors (Lipinski definition) is 4. The average Bonchev–Trinajstić information content (AvgIpc) is 3.13. The summed E-state index contributed by atoms with van der Waals surface area (Å²) in [6.45, 7) is 2.21. The second kappa shape index (κ2) is 7.76. The van der Waals surface area contributed by atoms with Gasteiger partial charge in [0.2, 0.25) is 0 Å². The lowest BCUT2D eigenvalue weighted by Crippen LogP contribution is -1.99. The molecule has 5 nitrogen and oxygen atoms in total. The van der Waals surface area contributed by atoms with Crippen LogP contribution in [0.1, 0.15) is 25.3 Å². The molecule has 136 valence electrons. The largest absolute Gasteiger partial charge is 0.340 e. The molecule has 0 saturated heterocycles. The van der Waals surface area contributed by atoms with Crippen molar-refractivity contribution in [2.45, 2.75) is 26.2 Å². The Morgan fingerprint density at radius 1 is 1.00 bits per heavy atom. The van der Waals surface area contributed by atoms with Gasteiger partial charge in [0.15, 0.2) is 5.65 Å². The molecule has 1 N–H and O–H groups in total. The van der Waals surface area contributed by atoms with Crippen LogP contribution in [-0.2, 0) is 6.42 Å². The third kappa shape index (κ3) is 3.78. The zero-order valence-corrected chi connectivity index (χ0v) is 15.8. The summed E-state index contributed by atoms with van der Waals surface area (Å²) in [6, 6.07) is 16.0. The topological polar surface area (TPSA) is 55.6 Å². The molecule has 6 heteroatoms. The Balaban J connectivity index is 1.62. The van der Waals surface area contributed by atoms with E-state index in [1.165, 1.54) is 18.4 Å². The van der Waals surface area contributed by atoms with Crippen molar-refractivity contribution in [2.24, 2.45) is 0 Å². The summed E-state index contributed by atoms with van der Waals surface area (Å²) in [5, 5.41) is 9.41. The third-order valence-corrected chi connectivity index (χ3v) is 4.72. The van der Waals surface area contributed by atoms with Gasteiger partial charge in [-0.1, -0.05) is 37.1 Å². The van der Waals surface area contributed by atoms with Gasteiger partial charge in [-0.15, -0.1) is 0 Å². The molecule has 2 heterocycles. The number of hydrogen-bond donors (Lipinski definition) is 1. The third-order valence-electron chi connectivity index (χ3n) is 4.47. The Morgan fingerprint density at radius 2 is 1.78 bits per heavy atom. The second-order valence-electron chi connectivity index (χ2n) is 6.42. The second-order valence-corrected chi connectivity index (χ2v) is 6.85. The fourth-order valence-electron chi connectivity index (χ4n) is 2.99. The highest BCUT2D eigenvalue weighted by molar-refractivity contribution is 6.30. The molecule has 0 bridgehead atoms. The van der Waals surface area contributed by atoms with Crippen molar-refractivity contribution < 1.29 is 0 Å². The first kappa shape index (κ1) is 17.5. The Hall–Kier alpha value is -2.92. The molecule has 0 saturated carbocycles. The maximum atomic E-state index is 5.98. The minimum atomic E-state index is 0.689. The van der Waals surface area contributed by atoms with E-state index in [0.29, 0.717) is 5.02 Å². The SMILES string of the molecule is CCCCc1ccc(Nc2ncnc3c2cnn3-c2ccc(Cl)cc2)cc1. The molecule has 2 aromatic heterocycles. The van der Waals surface area contributed by atoms with Gasteiger partial charge < -0.3 is 5.32 Å². The summed E-state index contributed by atoms with van der Waals surface area (Å²) in [7, 11) is 0. The highest BCUT2D eigenvalue weighted by Gasteiger charge is 2.11. The maximum absolute atomic E-state index is 5.98. The van der Waals surface area contributed by atoms with Crippen LogP contribution in [0.4, 0.5) is 11.5 Å². The molecule has 0 atom stereocenters. The van der Waals surface area contributed by atoms with Crippen molar-refractivity contribution in [3.63, 3.8) is 0 Å². The number of fused-ring (bicyclic) bond motifs is 1. The van der Waals surface area contributed by atoms with Crippen LogP contribution in [0.3, 0.4) is 0 Å². The number of unbranched alkanes of at least 4 members (excludes halogenated alkanes) is 1. The number of aryl methyl sites for hydroxylation is 1. The Kier molecular flexibility index (Phi) is 5.03. The Labute approximate surface area is 163 Å². The normalized spacial score (nSPS) is 11.0. The molecular formula is C21H20ClN5. The van der Waals surface area contributed by atoms with Gasteiger partial charge in [0.25, 0.3) is 0 Å². The van der Waals surface area contributed by atoms with Crippen LogP contribution in [0.5, 0.6) is 0 Å². The molecule has 0 amide bonds. The Morgan fingerprint density at radius 3 is 2.52 bits per heavy atom. The fraction of sp³-hybridized carbons (Fsp3) is 0.190. The molecule has 0 spiro atoms. The van der Waals surface area contributed by atoms with Crippen LogP contribution in [0.2, 0.25) is 5.02 Å². The predicted octanol–water partition coefficient (Wildman–Crippen LogP) is 5.56. The first-order chi connectivity index (χ1) is 13.2. The minimum Gasteiger partial charge on any atom is -0.340 e. The quantitative estimate of drug-likeness (QED) is 0.478. The summed E-state index contributed by atoms with van der Waals surface area (Å²) >= 11 is 5.98. The minimum absolute atomic E-state index is 0.689. The van der Waals surface area contributed by atoms with Crippen LogP contribution < -0.4 is 5.32 Å². The lowest BCUT2D eigenvalue weighted by atomic mass is 10.1. The highest BCUT2D eigenvalue weighted by atomic mass is 35.5. The number of halogens is 1. The molecule has 4 rings (SSSR count).